The van der Waals surface area contributed by atoms with Crippen molar-refractivity contribution in [2.24, 2.45) is 0 Å². The fourth-order valence-electron chi connectivity index (χ4n) is 1.12. The first-order chi connectivity index (χ1) is 7.16. The van der Waals surface area contributed by atoms with Gasteiger partial charge in [-0.3, -0.25) is 4.79 Å². The summed E-state index contributed by atoms with van der Waals surface area (Å²) in [6, 6.07) is 8.97. The SMILES string of the molecule is O=C(Cl)c1cc(-c2ccc(Br)cc2)on1. The third kappa shape index (κ3) is 2.27. The Morgan fingerprint density at radius 2 is 2.00 bits per heavy atom. The van der Waals surface area contributed by atoms with Crippen LogP contribution in [0.1, 0.15) is 10.5 Å². The minimum Gasteiger partial charge on any atom is -0.356 e. The highest BCUT2D eigenvalue weighted by atomic mass is 79.9. The van der Waals surface area contributed by atoms with Gasteiger partial charge in [0.05, 0.1) is 0 Å². The monoisotopic (exact) mass is 285 g/mol. The number of aromatic nitrogens is 1. The molecule has 3 nitrogen and oxygen atoms in total. The fraction of sp³-hybridized carbons (Fsp3) is 0. The third-order valence-corrected chi connectivity index (χ3v) is 2.56. The van der Waals surface area contributed by atoms with Gasteiger partial charge in [0.1, 0.15) is 0 Å². The molecule has 0 atom stereocenters. The second kappa shape index (κ2) is 4.16. The van der Waals surface area contributed by atoms with Crippen LogP contribution in [-0.4, -0.2) is 10.4 Å². The highest BCUT2D eigenvalue weighted by Crippen LogP contribution is 2.22. The first-order valence-electron chi connectivity index (χ1n) is 4.09. The first kappa shape index (κ1) is 10.4. The number of rotatable bonds is 2. The Labute approximate surface area is 99.2 Å². The maximum absolute atomic E-state index is 10.8. The minimum atomic E-state index is -0.623. The van der Waals surface area contributed by atoms with Crippen LogP contribution in [0.25, 0.3) is 11.3 Å². The summed E-state index contributed by atoms with van der Waals surface area (Å²) in [5.41, 5.74) is 0.962. The summed E-state index contributed by atoms with van der Waals surface area (Å²) >= 11 is 8.59. The van der Waals surface area contributed by atoms with Crippen molar-refractivity contribution in [3.63, 3.8) is 0 Å². The number of hydrogen-bond acceptors (Lipinski definition) is 3. The highest BCUT2D eigenvalue weighted by Gasteiger charge is 2.10. The van der Waals surface area contributed by atoms with Gasteiger partial charge in [-0.25, -0.2) is 0 Å². The van der Waals surface area contributed by atoms with Crippen LogP contribution in [0.4, 0.5) is 0 Å². The lowest BCUT2D eigenvalue weighted by atomic mass is 10.2. The molecule has 0 aliphatic rings. The average Bonchev–Trinajstić information content (AvgIpc) is 2.68. The van der Waals surface area contributed by atoms with Gasteiger partial charge < -0.3 is 4.52 Å². The van der Waals surface area contributed by atoms with E-state index in [0.717, 1.165) is 10.0 Å². The van der Waals surface area contributed by atoms with E-state index in [1.807, 2.05) is 24.3 Å². The molecule has 5 heteroatoms. The molecule has 0 radical (unpaired) electrons. The molecule has 1 aromatic heterocycles. The minimum absolute atomic E-state index is 0.120. The summed E-state index contributed by atoms with van der Waals surface area (Å²) in [4.78, 5) is 10.8. The normalized spacial score (nSPS) is 10.3. The lowest BCUT2D eigenvalue weighted by Gasteiger charge is -1.94. The Morgan fingerprint density at radius 3 is 2.53 bits per heavy atom. The zero-order chi connectivity index (χ0) is 10.8. The van der Waals surface area contributed by atoms with Crippen molar-refractivity contribution in [3.8, 4) is 11.3 Å². The molecule has 1 aromatic carbocycles. The topological polar surface area (TPSA) is 43.1 Å². The number of carbonyl (C=O) groups excluding carboxylic acids is 1. The number of hydrogen-bond donors (Lipinski definition) is 0. The van der Waals surface area contributed by atoms with Crippen LogP contribution >= 0.6 is 27.5 Å². The van der Waals surface area contributed by atoms with Crippen LogP contribution in [0, 0.1) is 0 Å². The quantitative estimate of drug-likeness (QED) is 0.794. The molecule has 1 heterocycles. The largest absolute Gasteiger partial charge is 0.356 e. The van der Waals surface area contributed by atoms with Gasteiger partial charge in [0.25, 0.3) is 5.24 Å². The zero-order valence-electron chi connectivity index (χ0n) is 7.41. The van der Waals surface area contributed by atoms with Gasteiger partial charge in [-0.15, -0.1) is 0 Å². The molecule has 2 aromatic rings. The average molecular weight is 287 g/mol. The van der Waals surface area contributed by atoms with Crippen molar-refractivity contribution in [2.45, 2.75) is 0 Å². The summed E-state index contributed by atoms with van der Waals surface area (Å²) < 4.78 is 5.95. The maximum Gasteiger partial charge on any atom is 0.274 e. The first-order valence-corrected chi connectivity index (χ1v) is 5.26. The summed E-state index contributed by atoms with van der Waals surface area (Å²) in [6.45, 7) is 0. The molecule has 15 heavy (non-hydrogen) atoms. The van der Waals surface area contributed by atoms with Gasteiger partial charge in [0.15, 0.2) is 11.5 Å². The lowest BCUT2D eigenvalue weighted by Crippen LogP contribution is -1.85. The Bertz CT molecular complexity index is 492. The van der Waals surface area contributed by atoms with E-state index < -0.39 is 5.24 Å². The van der Waals surface area contributed by atoms with Crippen molar-refractivity contribution >= 4 is 32.8 Å². The van der Waals surface area contributed by atoms with E-state index in [9.17, 15) is 4.79 Å². The lowest BCUT2D eigenvalue weighted by molar-refractivity contribution is 0.107. The van der Waals surface area contributed by atoms with Crippen molar-refractivity contribution < 1.29 is 9.32 Å². The highest BCUT2D eigenvalue weighted by molar-refractivity contribution is 9.10. The molecule has 0 aliphatic carbocycles. The van der Waals surface area contributed by atoms with E-state index in [4.69, 9.17) is 16.1 Å². The number of nitrogens with zero attached hydrogens (tertiary/aromatic N) is 1. The Morgan fingerprint density at radius 1 is 1.33 bits per heavy atom. The van der Waals surface area contributed by atoms with Crippen molar-refractivity contribution in [1.29, 1.82) is 0 Å². The maximum atomic E-state index is 10.8. The van der Waals surface area contributed by atoms with Crippen LogP contribution in [0.5, 0.6) is 0 Å². The summed E-state index contributed by atoms with van der Waals surface area (Å²) in [5.74, 6) is 0.520. The van der Waals surface area contributed by atoms with Gasteiger partial charge in [-0.2, -0.15) is 0 Å². The molecule has 0 unspecified atom stereocenters. The molecule has 0 aliphatic heterocycles. The van der Waals surface area contributed by atoms with E-state index in [2.05, 4.69) is 21.1 Å². The summed E-state index contributed by atoms with van der Waals surface area (Å²) in [5, 5.41) is 2.92. The Balaban J connectivity index is 2.37. The smallest absolute Gasteiger partial charge is 0.274 e. The number of benzene rings is 1. The van der Waals surface area contributed by atoms with Crippen LogP contribution in [0.15, 0.2) is 39.3 Å². The van der Waals surface area contributed by atoms with Crippen molar-refractivity contribution in [2.75, 3.05) is 0 Å². The molecule has 0 spiro atoms. The Kier molecular flexibility index (Phi) is 2.88. The number of carbonyl (C=O) groups is 1. The van der Waals surface area contributed by atoms with E-state index in [0.29, 0.717) is 5.76 Å². The van der Waals surface area contributed by atoms with E-state index in [1.54, 1.807) is 0 Å². The van der Waals surface area contributed by atoms with Crippen molar-refractivity contribution in [1.82, 2.24) is 5.16 Å². The summed E-state index contributed by atoms with van der Waals surface area (Å²) in [7, 11) is 0. The Hall–Kier alpha value is -1.13. The third-order valence-electron chi connectivity index (χ3n) is 1.84. The fourth-order valence-corrected chi connectivity index (χ4v) is 1.47. The zero-order valence-corrected chi connectivity index (χ0v) is 9.75. The second-order valence-corrected chi connectivity index (χ2v) is 4.12. The van der Waals surface area contributed by atoms with Crippen molar-refractivity contribution in [3.05, 3.63) is 40.5 Å². The van der Waals surface area contributed by atoms with Crippen LogP contribution in [0.2, 0.25) is 0 Å². The van der Waals surface area contributed by atoms with Gasteiger partial charge >= 0.3 is 0 Å². The van der Waals surface area contributed by atoms with E-state index >= 15 is 0 Å². The van der Waals surface area contributed by atoms with Gasteiger partial charge in [-0.05, 0) is 23.7 Å². The number of halogens is 2. The van der Waals surface area contributed by atoms with Crippen LogP contribution in [-0.2, 0) is 0 Å². The predicted molar refractivity (Wildman–Crippen MR) is 59.8 cm³/mol. The van der Waals surface area contributed by atoms with Crippen LogP contribution < -0.4 is 0 Å². The molecule has 0 saturated heterocycles. The van der Waals surface area contributed by atoms with E-state index in [1.165, 1.54) is 6.07 Å². The molecule has 2 rings (SSSR count). The molecule has 0 bridgehead atoms. The summed E-state index contributed by atoms with van der Waals surface area (Å²) in [6.07, 6.45) is 0. The molecular weight excluding hydrogens is 281 g/mol. The molecule has 0 fully saturated rings. The van der Waals surface area contributed by atoms with Gasteiger partial charge in [-0.1, -0.05) is 33.2 Å². The molecule has 0 N–H and O–H groups in total. The molecular formula is C10H5BrClNO2. The van der Waals surface area contributed by atoms with Gasteiger partial charge in [0.2, 0.25) is 0 Å². The van der Waals surface area contributed by atoms with Gasteiger partial charge in [0, 0.05) is 16.1 Å². The molecule has 0 amide bonds. The predicted octanol–water partition coefficient (Wildman–Crippen LogP) is 3.48. The van der Waals surface area contributed by atoms with E-state index in [-0.39, 0.29) is 5.69 Å². The van der Waals surface area contributed by atoms with Crippen LogP contribution in [0.3, 0.4) is 0 Å². The molecule has 0 saturated carbocycles. The molecule has 76 valence electrons. The standard InChI is InChI=1S/C10H5BrClNO2/c11-7-3-1-6(2-4-7)9-5-8(10(12)14)13-15-9/h1-5H. The second-order valence-electron chi connectivity index (χ2n) is 2.86.